The Bertz CT molecular complexity index is 522. The molecule has 0 atom stereocenters. The molecular weight excluding hydrogens is 343 g/mol. The second-order valence-electron chi connectivity index (χ2n) is 5.32. The molecule has 5 heteroatoms. The van der Waals surface area contributed by atoms with E-state index < -0.39 is 15.7 Å². The Balaban J connectivity index is 3.12. The monoisotopic (exact) mass is 364 g/mol. The molecule has 114 valence electrons. The summed E-state index contributed by atoms with van der Waals surface area (Å²) in [5, 5.41) is 0.620. The molecular formula is C15H22BrFO2S. The van der Waals surface area contributed by atoms with Gasteiger partial charge in [-0.05, 0) is 30.4 Å². The van der Waals surface area contributed by atoms with Crippen LogP contribution in [0.25, 0.3) is 0 Å². The average molecular weight is 365 g/mol. The number of sulfone groups is 1. The molecule has 1 rings (SSSR count). The number of halogens is 2. The van der Waals surface area contributed by atoms with Crippen LogP contribution in [0.2, 0.25) is 0 Å². The smallest absolute Gasteiger partial charge is 0.181 e. The molecule has 0 aliphatic rings. The molecule has 0 heterocycles. The van der Waals surface area contributed by atoms with Gasteiger partial charge in [-0.3, -0.25) is 0 Å². The molecule has 0 unspecified atom stereocenters. The summed E-state index contributed by atoms with van der Waals surface area (Å²) < 4.78 is 38.8. The molecule has 20 heavy (non-hydrogen) atoms. The maximum absolute atomic E-state index is 13.7. The Morgan fingerprint density at radius 1 is 1.15 bits per heavy atom. The van der Waals surface area contributed by atoms with Crippen LogP contribution >= 0.6 is 15.9 Å². The summed E-state index contributed by atoms with van der Waals surface area (Å²) >= 11 is 3.46. The van der Waals surface area contributed by atoms with Crippen molar-refractivity contribution in [3.05, 3.63) is 30.1 Å². The third-order valence-electron chi connectivity index (χ3n) is 3.51. The lowest BCUT2D eigenvalue weighted by Gasteiger charge is -2.31. The summed E-state index contributed by atoms with van der Waals surface area (Å²) in [7, 11) is -3.61. The Labute approximate surface area is 129 Å². The maximum Gasteiger partial charge on any atom is 0.181 e. The summed E-state index contributed by atoms with van der Waals surface area (Å²) in [6.07, 6.45) is 3.47. The quantitative estimate of drug-likeness (QED) is 0.632. The van der Waals surface area contributed by atoms with E-state index in [0.717, 1.165) is 25.7 Å². The first-order valence-corrected chi connectivity index (χ1v) is 9.71. The second kappa shape index (κ2) is 7.55. The van der Waals surface area contributed by atoms with Crippen LogP contribution < -0.4 is 0 Å². The Morgan fingerprint density at radius 3 is 2.15 bits per heavy atom. The van der Waals surface area contributed by atoms with E-state index in [-0.39, 0.29) is 16.1 Å². The van der Waals surface area contributed by atoms with Crippen molar-refractivity contribution in [3.63, 3.8) is 0 Å². The van der Waals surface area contributed by atoms with Crippen molar-refractivity contribution in [2.24, 2.45) is 5.41 Å². The van der Waals surface area contributed by atoms with E-state index in [2.05, 4.69) is 15.9 Å². The van der Waals surface area contributed by atoms with E-state index in [0.29, 0.717) is 5.33 Å². The lowest BCUT2D eigenvalue weighted by atomic mass is 9.83. The van der Waals surface area contributed by atoms with Crippen LogP contribution in [0.3, 0.4) is 0 Å². The van der Waals surface area contributed by atoms with Crippen molar-refractivity contribution in [3.8, 4) is 0 Å². The number of hydrogen-bond donors (Lipinski definition) is 0. The molecule has 0 N–H and O–H groups in total. The Kier molecular flexibility index (Phi) is 6.65. The number of hydrogen-bond acceptors (Lipinski definition) is 2. The van der Waals surface area contributed by atoms with Gasteiger partial charge in [-0.1, -0.05) is 54.8 Å². The van der Waals surface area contributed by atoms with E-state index in [4.69, 9.17) is 0 Å². The van der Waals surface area contributed by atoms with Gasteiger partial charge in [0.05, 0.1) is 5.75 Å². The van der Waals surface area contributed by atoms with Gasteiger partial charge < -0.3 is 0 Å². The number of alkyl halides is 1. The van der Waals surface area contributed by atoms with Crippen molar-refractivity contribution in [2.45, 2.75) is 44.4 Å². The zero-order chi connectivity index (χ0) is 15.2. The predicted molar refractivity (Wildman–Crippen MR) is 84.5 cm³/mol. The van der Waals surface area contributed by atoms with Crippen LogP contribution in [-0.2, 0) is 9.84 Å². The first-order chi connectivity index (χ1) is 9.40. The number of rotatable bonds is 8. The van der Waals surface area contributed by atoms with E-state index in [1.54, 1.807) is 6.07 Å². The average Bonchev–Trinajstić information content (AvgIpc) is 2.39. The Hall–Kier alpha value is -0.420. The summed E-state index contributed by atoms with van der Waals surface area (Å²) in [4.78, 5) is -0.183. The molecule has 0 saturated heterocycles. The minimum atomic E-state index is -3.61. The first kappa shape index (κ1) is 17.6. The summed E-state index contributed by atoms with van der Waals surface area (Å²) in [6, 6.07) is 5.61. The third kappa shape index (κ3) is 4.29. The minimum absolute atomic E-state index is 0.00609. The molecule has 0 aliphatic heterocycles. The van der Waals surface area contributed by atoms with Gasteiger partial charge in [0.25, 0.3) is 0 Å². The number of benzene rings is 1. The lowest BCUT2D eigenvalue weighted by molar-refractivity contribution is 0.313. The fourth-order valence-electron chi connectivity index (χ4n) is 2.68. The van der Waals surface area contributed by atoms with Crippen molar-refractivity contribution in [1.29, 1.82) is 0 Å². The van der Waals surface area contributed by atoms with Gasteiger partial charge in [0.2, 0.25) is 0 Å². The summed E-state index contributed by atoms with van der Waals surface area (Å²) in [5.74, 6) is -0.669. The van der Waals surface area contributed by atoms with E-state index in [9.17, 15) is 12.8 Å². The summed E-state index contributed by atoms with van der Waals surface area (Å²) in [5.41, 5.74) is -0.315. The molecule has 0 amide bonds. The second-order valence-corrected chi connectivity index (χ2v) is 7.84. The Morgan fingerprint density at radius 2 is 1.70 bits per heavy atom. The SMILES string of the molecule is CCCC(CBr)(CCC)CS(=O)(=O)c1ccccc1F. The van der Waals surface area contributed by atoms with Crippen molar-refractivity contribution >= 4 is 25.8 Å². The van der Waals surface area contributed by atoms with Crippen LogP contribution in [0.5, 0.6) is 0 Å². The van der Waals surface area contributed by atoms with Gasteiger partial charge in [-0.2, -0.15) is 0 Å². The van der Waals surface area contributed by atoms with Gasteiger partial charge in [-0.15, -0.1) is 0 Å². The van der Waals surface area contributed by atoms with E-state index >= 15 is 0 Å². The van der Waals surface area contributed by atoms with E-state index in [1.807, 2.05) is 13.8 Å². The lowest BCUT2D eigenvalue weighted by Crippen LogP contribution is -2.32. The third-order valence-corrected chi connectivity index (χ3v) is 6.70. The highest BCUT2D eigenvalue weighted by molar-refractivity contribution is 9.09. The standard InChI is InChI=1S/C15H22BrFO2S/c1-3-9-15(11-16,10-4-2)12-20(18,19)14-8-6-5-7-13(14)17/h5-8H,3-4,9-12H2,1-2H3. The van der Waals surface area contributed by atoms with Gasteiger partial charge in [-0.25, -0.2) is 12.8 Å². The molecule has 1 aromatic rings. The summed E-state index contributed by atoms with van der Waals surface area (Å²) in [6.45, 7) is 4.09. The van der Waals surface area contributed by atoms with Crippen LogP contribution in [-0.4, -0.2) is 19.5 Å². The molecule has 0 fully saturated rings. The maximum atomic E-state index is 13.7. The first-order valence-electron chi connectivity index (χ1n) is 6.94. The topological polar surface area (TPSA) is 34.1 Å². The van der Waals surface area contributed by atoms with Gasteiger partial charge >= 0.3 is 0 Å². The van der Waals surface area contributed by atoms with E-state index in [1.165, 1.54) is 18.2 Å². The van der Waals surface area contributed by atoms with Gasteiger partial charge in [0.15, 0.2) is 9.84 Å². The highest BCUT2D eigenvalue weighted by Crippen LogP contribution is 2.35. The van der Waals surface area contributed by atoms with Crippen LogP contribution in [0.1, 0.15) is 39.5 Å². The fourth-order valence-corrected chi connectivity index (χ4v) is 5.70. The van der Waals surface area contributed by atoms with Crippen LogP contribution in [0.15, 0.2) is 29.2 Å². The fraction of sp³-hybridized carbons (Fsp3) is 0.600. The minimum Gasteiger partial charge on any atom is -0.224 e. The largest absolute Gasteiger partial charge is 0.224 e. The normalized spacial score (nSPS) is 12.6. The van der Waals surface area contributed by atoms with Gasteiger partial charge in [0.1, 0.15) is 10.7 Å². The van der Waals surface area contributed by atoms with Crippen LogP contribution in [0.4, 0.5) is 4.39 Å². The van der Waals surface area contributed by atoms with Crippen molar-refractivity contribution in [1.82, 2.24) is 0 Å². The van der Waals surface area contributed by atoms with Crippen molar-refractivity contribution in [2.75, 3.05) is 11.1 Å². The zero-order valence-electron chi connectivity index (χ0n) is 12.0. The van der Waals surface area contributed by atoms with Crippen LogP contribution in [0, 0.1) is 11.2 Å². The highest BCUT2D eigenvalue weighted by atomic mass is 79.9. The molecule has 0 aromatic heterocycles. The predicted octanol–water partition coefficient (Wildman–Crippen LogP) is 4.58. The van der Waals surface area contributed by atoms with Gasteiger partial charge in [0, 0.05) is 5.33 Å². The molecule has 0 aliphatic carbocycles. The molecule has 2 nitrogen and oxygen atoms in total. The zero-order valence-corrected chi connectivity index (χ0v) is 14.4. The molecule has 0 bridgehead atoms. The molecule has 1 aromatic carbocycles. The highest BCUT2D eigenvalue weighted by Gasteiger charge is 2.34. The molecule has 0 saturated carbocycles. The molecule has 0 spiro atoms. The van der Waals surface area contributed by atoms with Crippen molar-refractivity contribution < 1.29 is 12.8 Å². The molecule has 0 radical (unpaired) electrons.